The molecule has 1 atom stereocenters. The summed E-state index contributed by atoms with van der Waals surface area (Å²) in [5.41, 5.74) is 13.2. The molecule has 2 aromatic carbocycles. The minimum absolute atomic E-state index is 0.124. The van der Waals surface area contributed by atoms with Crippen LogP contribution in [0.25, 0.3) is 0 Å². The molecule has 38 heavy (non-hydrogen) atoms. The first-order valence-electron chi connectivity index (χ1n) is 13.1. The first-order chi connectivity index (χ1) is 18.3. The smallest absolute Gasteiger partial charge is 0.411 e. The molecule has 6 N–H and O–H groups in total. The summed E-state index contributed by atoms with van der Waals surface area (Å²) in [4.78, 5) is 40.6. The first-order valence-corrected chi connectivity index (χ1v) is 13.4. The number of amides is 3. The molecule has 9 nitrogen and oxygen atoms in total. The van der Waals surface area contributed by atoms with E-state index in [2.05, 4.69) is 17.6 Å². The zero-order chi connectivity index (χ0) is 27.5. The van der Waals surface area contributed by atoms with Crippen LogP contribution >= 0.6 is 11.6 Å². The van der Waals surface area contributed by atoms with E-state index in [-0.39, 0.29) is 25.0 Å². The normalized spacial score (nSPS) is 15.4. The maximum absolute atomic E-state index is 13.5. The second-order valence-electron chi connectivity index (χ2n) is 9.67. The Morgan fingerprint density at radius 1 is 1.11 bits per heavy atom. The van der Waals surface area contributed by atoms with Gasteiger partial charge in [-0.25, -0.2) is 4.79 Å². The molecular formula is C28H38ClN5O4. The highest BCUT2D eigenvalue weighted by atomic mass is 35.5. The molecule has 0 aliphatic carbocycles. The van der Waals surface area contributed by atoms with E-state index in [1.54, 1.807) is 11.0 Å². The second-order valence-corrected chi connectivity index (χ2v) is 10.1. The number of nitrogens with zero attached hydrogens (tertiary/aromatic N) is 1. The number of nitrogens with one attached hydrogen (secondary N) is 2. The highest BCUT2D eigenvalue weighted by molar-refractivity contribution is 6.31. The molecule has 1 aliphatic heterocycles. The molecule has 0 radical (unpaired) electrons. The molecule has 1 saturated heterocycles. The van der Waals surface area contributed by atoms with E-state index in [0.717, 1.165) is 17.5 Å². The standard InChI is InChI=1S/C28H38ClN5O4/c1-2-20-9-11-22(12-10-20)33-27(37)38-19-28(26(36)32-18-21-6-3-4-7-23(21)29)13-16-34(17-14-28)25(35)24(31)8-5-15-30/h3-4,6-7,9-12,24H,2,5,8,13-19,30-31H2,1H3,(H,32,36)(H,33,37)/t24-/m0/s1. The fraction of sp³-hybridized carbons (Fsp3) is 0.464. The number of benzene rings is 2. The molecule has 0 aromatic heterocycles. The lowest BCUT2D eigenvalue weighted by atomic mass is 9.78. The van der Waals surface area contributed by atoms with Gasteiger partial charge in [0.1, 0.15) is 6.61 Å². The van der Waals surface area contributed by atoms with Crippen molar-refractivity contribution in [1.29, 1.82) is 0 Å². The number of piperidine rings is 1. The van der Waals surface area contributed by atoms with E-state index >= 15 is 0 Å². The van der Waals surface area contributed by atoms with E-state index in [0.29, 0.717) is 56.0 Å². The van der Waals surface area contributed by atoms with Crippen molar-refractivity contribution in [2.24, 2.45) is 16.9 Å². The summed E-state index contributed by atoms with van der Waals surface area (Å²) in [5.74, 6) is -0.408. The number of ether oxygens (including phenoxy) is 1. The average Bonchev–Trinajstić information content (AvgIpc) is 2.94. The lowest BCUT2D eigenvalue weighted by molar-refractivity contribution is -0.143. The van der Waals surface area contributed by atoms with Gasteiger partial charge in [-0.15, -0.1) is 0 Å². The minimum atomic E-state index is -0.997. The van der Waals surface area contributed by atoms with Gasteiger partial charge in [0.05, 0.1) is 11.5 Å². The number of likely N-dealkylation sites (tertiary alicyclic amines) is 1. The van der Waals surface area contributed by atoms with Crippen molar-refractivity contribution in [2.75, 3.05) is 31.6 Å². The number of carbonyl (C=O) groups excluding carboxylic acids is 3. The average molecular weight is 544 g/mol. The van der Waals surface area contributed by atoms with Crippen LogP contribution in [0.5, 0.6) is 0 Å². The van der Waals surface area contributed by atoms with Gasteiger partial charge >= 0.3 is 6.09 Å². The molecule has 0 spiro atoms. The quantitative estimate of drug-likeness (QED) is 0.342. The molecule has 10 heteroatoms. The van der Waals surface area contributed by atoms with Crippen LogP contribution in [0.2, 0.25) is 5.02 Å². The summed E-state index contributed by atoms with van der Waals surface area (Å²) in [5, 5.41) is 6.22. The highest BCUT2D eigenvalue weighted by Crippen LogP contribution is 2.33. The second kappa shape index (κ2) is 14.1. The van der Waals surface area contributed by atoms with Crippen LogP contribution in [0.3, 0.4) is 0 Å². The number of anilines is 1. The van der Waals surface area contributed by atoms with Crippen molar-refractivity contribution in [1.82, 2.24) is 10.2 Å². The fourth-order valence-electron chi connectivity index (χ4n) is 4.47. The maximum atomic E-state index is 13.5. The summed E-state index contributed by atoms with van der Waals surface area (Å²) in [6.07, 6.45) is 2.09. The Morgan fingerprint density at radius 2 is 1.79 bits per heavy atom. The van der Waals surface area contributed by atoms with Crippen molar-refractivity contribution in [3.05, 3.63) is 64.7 Å². The molecule has 206 valence electrons. The van der Waals surface area contributed by atoms with Crippen molar-refractivity contribution < 1.29 is 19.1 Å². The Morgan fingerprint density at radius 3 is 2.42 bits per heavy atom. The van der Waals surface area contributed by atoms with Gasteiger partial charge in [0, 0.05) is 30.3 Å². The number of rotatable bonds is 11. The van der Waals surface area contributed by atoms with Crippen molar-refractivity contribution in [3.8, 4) is 0 Å². The summed E-state index contributed by atoms with van der Waals surface area (Å²) in [7, 11) is 0. The van der Waals surface area contributed by atoms with Crippen molar-refractivity contribution in [3.63, 3.8) is 0 Å². The van der Waals surface area contributed by atoms with Gasteiger partial charge in [0.2, 0.25) is 11.8 Å². The molecule has 1 aliphatic rings. The van der Waals surface area contributed by atoms with Gasteiger partial charge in [-0.1, -0.05) is 48.9 Å². The molecule has 0 saturated carbocycles. The van der Waals surface area contributed by atoms with Crippen LogP contribution in [0.4, 0.5) is 10.5 Å². The molecule has 0 unspecified atom stereocenters. The monoisotopic (exact) mass is 543 g/mol. The maximum Gasteiger partial charge on any atom is 0.411 e. The Kier molecular flexibility index (Phi) is 10.9. The Labute approximate surface area is 229 Å². The Bertz CT molecular complexity index is 1090. The van der Waals surface area contributed by atoms with Gasteiger partial charge in [0.15, 0.2) is 0 Å². The molecule has 1 fully saturated rings. The van der Waals surface area contributed by atoms with Crippen molar-refractivity contribution >= 4 is 35.2 Å². The minimum Gasteiger partial charge on any atom is -0.448 e. The predicted molar refractivity (Wildman–Crippen MR) is 149 cm³/mol. The number of hydrogen-bond acceptors (Lipinski definition) is 6. The van der Waals surface area contributed by atoms with Crippen LogP contribution in [0, 0.1) is 5.41 Å². The van der Waals surface area contributed by atoms with E-state index in [1.165, 1.54) is 0 Å². The summed E-state index contributed by atoms with van der Waals surface area (Å²) < 4.78 is 5.56. The van der Waals surface area contributed by atoms with E-state index in [1.807, 2.05) is 42.5 Å². The number of aryl methyl sites for hydroxylation is 1. The Balaban J connectivity index is 1.66. The van der Waals surface area contributed by atoms with Gasteiger partial charge < -0.3 is 26.4 Å². The van der Waals surface area contributed by atoms with Gasteiger partial charge in [-0.05, 0) is 68.0 Å². The number of halogens is 1. The summed E-state index contributed by atoms with van der Waals surface area (Å²) in [6, 6.07) is 14.1. The zero-order valence-electron chi connectivity index (χ0n) is 21.9. The third kappa shape index (κ3) is 7.93. The molecular weight excluding hydrogens is 506 g/mol. The highest BCUT2D eigenvalue weighted by Gasteiger charge is 2.44. The number of carbonyl (C=O) groups is 3. The van der Waals surface area contributed by atoms with Crippen LogP contribution < -0.4 is 22.1 Å². The lowest BCUT2D eigenvalue weighted by Gasteiger charge is -2.40. The van der Waals surface area contributed by atoms with Crippen LogP contribution in [0.15, 0.2) is 48.5 Å². The predicted octanol–water partition coefficient (Wildman–Crippen LogP) is 3.44. The van der Waals surface area contributed by atoms with E-state index < -0.39 is 17.6 Å². The lowest BCUT2D eigenvalue weighted by Crippen LogP contribution is -2.55. The van der Waals surface area contributed by atoms with Gasteiger partial charge in [0.25, 0.3) is 0 Å². The topological polar surface area (TPSA) is 140 Å². The van der Waals surface area contributed by atoms with Gasteiger partial charge in [-0.2, -0.15) is 0 Å². The Hall–Kier alpha value is -3.14. The third-order valence-electron chi connectivity index (χ3n) is 7.04. The van der Waals surface area contributed by atoms with Crippen LogP contribution in [-0.2, 0) is 27.3 Å². The summed E-state index contributed by atoms with van der Waals surface area (Å²) in [6.45, 7) is 3.30. The number of nitrogens with two attached hydrogens (primary N) is 2. The molecule has 0 bridgehead atoms. The molecule has 2 aromatic rings. The number of hydrogen-bond donors (Lipinski definition) is 4. The van der Waals surface area contributed by atoms with Gasteiger partial charge in [-0.3, -0.25) is 14.9 Å². The molecule has 1 heterocycles. The van der Waals surface area contributed by atoms with E-state index in [4.69, 9.17) is 27.8 Å². The SMILES string of the molecule is CCc1ccc(NC(=O)OCC2(C(=O)NCc3ccccc3Cl)CCN(C(=O)[C@@H](N)CCCN)CC2)cc1. The summed E-state index contributed by atoms with van der Waals surface area (Å²) >= 11 is 6.25. The third-order valence-corrected chi connectivity index (χ3v) is 7.40. The molecule has 3 rings (SSSR count). The largest absolute Gasteiger partial charge is 0.448 e. The zero-order valence-corrected chi connectivity index (χ0v) is 22.6. The van der Waals surface area contributed by atoms with E-state index in [9.17, 15) is 14.4 Å². The van der Waals surface area contributed by atoms with Crippen LogP contribution in [0.1, 0.15) is 43.7 Å². The van der Waals surface area contributed by atoms with Crippen LogP contribution in [-0.4, -0.2) is 55.1 Å². The van der Waals surface area contributed by atoms with Crippen molar-refractivity contribution in [2.45, 2.75) is 51.6 Å². The fourth-order valence-corrected chi connectivity index (χ4v) is 4.68. The molecule has 3 amide bonds. The first kappa shape index (κ1) is 29.4.